The summed E-state index contributed by atoms with van der Waals surface area (Å²) in [6, 6.07) is 18.8. The first-order chi connectivity index (χ1) is 14.3. The third-order valence-corrected chi connectivity index (χ3v) is 4.94. The third-order valence-electron chi connectivity index (χ3n) is 4.38. The molecule has 0 heterocycles. The van der Waals surface area contributed by atoms with Gasteiger partial charge in [-0.15, -0.1) is 0 Å². The van der Waals surface area contributed by atoms with E-state index < -0.39 is 6.10 Å². The second-order valence-corrected chi connectivity index (χ2v) is 7.51. The normalized spacial score (nSPS) is 11.5. The standard InChI is InChI=1S/C23H20Cl2N2O3/c1-14-5-3-4-6-20(14)26-22(28)15(2)30-18-10-7-16(8-11-18)23(29)27-21-13-17(24)9-12-19(21)25/h3-13,15H,1-2H3,(H,26,28)(H,27,29). The topological polar surface area (TPSA) is 67.4 Å². The molecular weight excluding hydrogens is 423 g/mol. The Morgan fingerprint density at radius 1 is 0.900 bits per heavy atom. The Balaban J connectivity index is 1.61. The fourth-order valence-corrected chi connectivity index (χ4v) is 3.01. The molecule has 0 aromatic heterocycles. The van der Waals surface area contributed by atoms with Gasteiger partial charge in [0.05, 0.1) is 10.7 Å². The van der Waals surface area contributed by atoms with Crippen molar-refractivity contribution in [3.63, 3.8) is 0 Å². The van der Waals surface area contributed by atoms with Crippen molar-refractivity contribution in [1.29, 1.82) is 0 Å². The Hall–Kier alpha value is -3.02. The number of hydrogen-bond acceptors (Lipinski definition) is 3. The van der Waals surface area contributed by atoms with Crippen molar-refractivity contribution in [3.8, 4) is 5.75 Å². The van der Waals surface area contributed by atoms with Crippen LogP contribution in [0.4, 0.5) is 11.4 Å². The number of nitrogens with one attached hydrogen (secondary N) is 2. The van der Waals surface area contributed by atoms with Gasteiger partial charge in [-0.05, 0) is 67.9 Å². The number of halogens is 2. The van der Waals surface area contributed by atoms with Crippen molar-refractivity contribution in [3.05, 3.63) is 87.9 Å². The number of amides is 2. The zero-order valence-electron chi connectivity index (χ0n) is 16.4. The summed E-state index contributed by atoms with van der Waals surface area (Å²) in [5.41, 5.74) is 2.55. The predicted octanol–water partition coefficient (Wildman–Crippen LogP) is 5.96. The van der Waals surface area contributed by atoms with Crippen molar-refractivity contribution >= 4 is 46.4 Å². The molecule has 1 atom stereocenters. The van der Waals surface area contributed by atoms with Crippen molar-refractivity contribution in [2.45, 2.75) is 20.0 Å². The smallest absolute Gasteiger partial charge is 0.265 e. The minimum atomic E-state index is -0.713. The fraction of sp³-hybridized carbons (Fsp3) is 0.130. The van der Waals surface area contributed by atoms with E-state index in [1.165, 1.54) is 0 Å². The first-order valence-electron chi connectivity index (χ1n) is 9.23. The molecule has 0 saturated heterocycles. The number of carbonyl (C=O) groups excluding carboxylic acids is 2. The molecule has 154 valence electrons. The molecule has 5 nitrogen and oxygen atoms in total. The number of benzene rings is 3. The summed E-state index contributed by atoms with van der Waals surface area (Å²) in [5.74, 6) is -0.127. The lowest BCUT2D eigenvalue weighted by atomic mass is 10.2. The minimum absolute atomic E-state index is 0.262. The van der Waals surface area contributed by atoms with E-state index in [-0.39, 0.29) is 11.8 Å². The summed E-state index contributed by atoms with van der Waals surface area (Å²) in [5, 5.41) is 6.42. The number of hydrogen-bond donors (Lipinski definition) is 2. The Morgan fingerprint density at radius 2 is 1.60 bits per heavy atom. The van der Waals surface area contributed by atoms with Crippen LogP contribution in [0.1, 0.15) is 22.8 Å². The average molecular weight is 443 g/mol. The van der Waals surface area contributed by atoms with Crippen LogP contribution in [0.5, 0.6) is 5.75 Å². The first kappa shape index (κ1) is 21.7. The molecule has 1 unspecified atom stereocenters. The second-order valence-electron chi connectivity index (χ2n) is 6.67. The van der Waals surface area contributed by atoms with Crippen molar-refractivity contribution in [2.24, 2.45) is 0 Å². The van der Waals surface area contributed by atoms with Gasteiger partial charge in [-0.1, -0.05) is 41.4 Å². The van der Waals surface area contributed by atoms with Gasteiger partial charge in [0.15, 0.2) is 6.10 Å². The lowest BCUT2D eigenvalue weighted by molar-refractivity contribution is -0.122. The molecule has 3 aromatic carbocycles. The van der Waals surface area contributed by atoms with E-state index in [1.54, 1.807) is 49.4 Å². The third kappa shape index (κ3) is 5.53. The molecular formula is C23H20Cl2N2O3. The van der Waals surface area contributed by atoms with Crippen LogP contribution in [0, 0.1) is 6.92 Å². The quantitative estimate of drug-likeness (QED) is 0.494. The molecule has 0 aliphatic rings. The Bertz CT molecular complexity index is 1070. The summed E-state index contributed by atoms with van der Waals surface area (Å²) >= 11 is 12.0. The van der Waals surface area contributed by atoms with Gasteiger partial charge in [0.1, 0.15) is 5.75 Å². The summed E-state index contributed by atoms with van der Waals surface area (Å²) in [6.45, 7) is 3.58. The Morgan fingerprint density at radius 3 is 2.30 bits per heavy atom. The Labute approximate surface area is 185 Å². The molecule has 0 saturated carbocycles. The van der Waals surface area contributed by atoms with Gasteiger partial charge in [0.2, 0.25) is 0 Å². The van der Waals surface area contributed by atoms with Crippen LogP contribution in [-0.4, -0.2) is 17.9 Å². The minimum Gasteiger partial charge on any atom is -0.481 e. The number of ether oxygens (including phenoxy) is 1. The van der Waals surface area contributed by atoms with Gasteiger partial charge >= 0.3 is 0 Å². The number of rotatable bonds is 6. The first-order valence-corrected chi connectivity index (χ1v) is 9.98. The molecule has 0 fully saturated rings. The zero-order chi connectivity index (χ0) is 21.7. The molecule has 0 spiro atoms. The van der Waals surface area contributed by atoms with Crippen LogP contribution < -0.4 is 15.4 Å². The highest BCUT2D eigenvalue weighted by atomic mass is 35.5. The zero-order valence-corrected chi connectivity index (χ0v) is 17.9. The summed E-state index contributed by atoms with van der Waals surface area (Å²) < 4.78 is 5.69. The largest absolute Gasteiger partial charge is 0.481 e. The van der Waals surface area contributed by atoms with Crippen LogP contribution in [0.2, 0.25) is 10.0 Å². The molecule has 0 bridgehead atoms. The van der Waals surface area contributed by atoms with Crippen LogP contribution in [-0.2, 0) is 4.79 Å². The van der Waals surface area contributed by atoms with E-state index in [0.29, 0.717) is 27.0 Å². The van der Waals surface area contributed by atoms with E-state index in [9.17, 15) is 9.59 Å². The Kier molecular flexibility index (Phi) is 6.98. The summed E-state index contributed by atoms with van der Waals surface area (Å²) in [7, 11) is 0. The highest BCUT2D eigenvalue weighted by molar-refractivity contribution is 6.35. The lowest BCUT2D eigenvalue weighted by Crippen LogP contribution is -2.30. The molecule has 3 rings (SSSR count). The molecule has 3 aromatic rings. The second kappa shape index (κ2) is 9.65. The maximum Gasteiger partial charge on any atom is 0.265 e. The highest BCUT2D eigenvalue weighted by Crippen LogP contribution is 2.26. The number of para-hydroxylation sites is 1. The van der Waals surface area contributed by atoms with Gasteiger partial charge in [-0.25, -0.2) is 0 Å². The molecule has 0 radical (unpaired) electrons. The van der Waals surface area contributed by atoms with E-state index in [1.807, 2.05) is 31.2 Å². The number of aryl methyl sites for hydroxylation is 1. The van der Waals surface area contributed by atoms with Gasteiger partial charge in [0, 0.05) is 16.3 Å². The van der Waals surface area contributed by atoms with Crippen molar-refractivity contribution in [2.75, 3.05) is 10.6 Å². The van der Waals surface area contributed by atoms with Crippen molar-refractivity contribution < 1.29 is 14.3 Å². The van der Waals surface area contributed by atoms with E-state index in [0.717, 1.165) is 11.3 Å². The van der Waals surface area contributed by atoms with Gasteiger partial charge in [0.25, 0.3) is 11.8 Å². The van der Waals surface area contributed by atoms with E-state index >= 15 is 0 Å². The molecule has 0 aliphatic carbocycles. The SMILES string of the molecule is Cc1ccccc1NC(=O)C(C)Oc1ccc(C(=O)Nc2cc(Cl)ccc2Cl)cc1. The van der Waals surface area contributed by atoms with Gasteiger partial charge < -0.3 is 15.4 Å². The van der Waals surface area contributed by atoms with Crippen LogP contribution in [0.15, 0.2) is 66.7 Å². The molecule has 0 aliphatic heterocycles. The summed E-state index contributed by atoms with van der Waals surface area (Å²) in [4.78, 5) is 24.8. The molecule has 2 N–H and O–H groups in total. The average Bonchev–Trinajstić information content (AvgIpc) is 2.72. The maximum atomic E-state index is 12.4. The maximum absolute atomic E-state index is 12.4. The summed E-state index contributed by atoms with van der Waals surface area (Å²) in [6.07, 6.45) is -0.713. The predicted molar refractivity (Wildman–Crippen MR) is 121 cm³/mol. The molecule has 2 amide bonds. The number of anilines is 2. The van der Waals surface area contributed by atoms with Crippen LogP contribution >= 0.6 is 23.2 Å². The van der Waals surface area contributed by atoms with Crippen LogP contribution in [0.3, 0.4) is 0 Å². The highest BCUT2D eigenvalue weighted by Gasteiger charge is 2.16. The fourth-order valence-electron chi connectivity index (χ4n) is 2.68. The van der Waals surface area contributed by atoms with Crippen LogP contribution in [0.25, 0.3) is 0 Å². The van der Waals surface area contributed by atoms with Gasteiger partial charge in [-0.3, -0.25) is 9.59 Å². The molecule has 7 heteroatoms. The van der Waals surface area contributed by atoms with E-state index in [4.69, 9.17) is 27.9 Å². The lowest BCUT2D eigenvalue weighted by Gasteiger charge is -2.16. The van der Waals surface area contributed by atoms with E-state index in [2.05, 4.69) is 10.6 Å². The monoisotopic (exact) mass is 442 g/mol. The molecule has 30 heavy (non-hydrogen) atoms. The van der Waals surface area contributed by atoms with Crippen molar-refractivity contribution in [1.82, 2.24) is 0 Å². The number of carbonyl (C=O) groups is 2. The van der Waals surface area contributed by atoms with Gasteiger partial charge in [-0.2, -0.15) is 0 Å².